The number of likely N-dealkylation sites (tertiary alicyclic amines) is 1. The van der Waals surface area contributed by atoms with Crippen molar-refractivity contribution in [1.82, 2.24) is 14.7 Å². The van der Waals surface area contributed by atoms with Crippen molar-refractivity contribution in [3.05, 3.63) is 24.3 Å². The molecule has 3 fully saturated rings. The summed E-state index contributed by atoms with van der Waals surface area (Å²) in [5.74, 6) is 0.0781. The standard InChI is InChI=1S/C22H27N3O6/c26-20-21(27)25(22(28)24(20)15-7-10-29-11-8-15)16-4-3-9-23(12-16)13-17-14-30-18-5-1-2-6-19(18)31-17/h1-2,5-6,15-17H,3-4,7-14H2/t16-,17-/m0/s1. The number of imide groups is 2. The topological polar surface area (TPSA) is 88.6 Å². The molecule has 9 nitrogen and oxygen atoms in total. The molecule has 0 bridgehead atoms. The van der Waals surface area contributed by atoms with E-state index in [1.165, 1.54) is 9.80 Å². The van der Waals surface area contributed by atoms with Gasteiger partial charge < -0.3 is 14.2 Å². The van der Waals surface area contributed by atoms with Crippen molar-refractivity contribution in [2.24, 2.45) is 0 Å². The first kappa shape index (κ1) is 20.3. The fourth-order valence-corrected chi connectivity index (χ4v) is 4.93. The first-order valence-electron chi connectivity index (χ1n) is 11.0. The second kappa shape index (κ2) is 8.47. The van der Waals surface area contributed by atoms with Crippen molar-refractivity contribution in [2.75, 3.05) is 39.5 Å². The monoisotopic (exact) mass is 429 g/mol. The molecule has 4 aliphatic heterocycles. The molecule has 1 aromatic carbocycles. The number of carbonyl (C=O) groups is 3. The molecule has 9 heteroatoms. The zero-order valence-corrected chi connectivity index (χ0v) is 17.4. The van der Waals surface area contributed by atoms with E-state index in [1.54, 1.807) is 0 Å². The van der Waals surface area contributed by atoms with Crippen LogP contribution in [0.2, 0.25) is 0 Å². The lowest BCUT2D eigenvalue weighted by atomic mass is 10.0. The van der Waals surface area contributed by atoms with E-state index in [4.69, 9.17) is 14.2 Å². The summed E-state index contributed by atoms with van der Waals surface area (Å²) in [5, 5.41) is 0. The number of rotatable bonds is 4. The van der Waals surface area contributed by atoms with Gasteiger partial charge in [0.2, 0.25) is 0 Å². The molecular weight excluding hydrogens is 402 g/mol. The van der Waals surface area contributed by atoms with Gasteiger partial charge in [0.15, 0.2) is 11.5 Å². The normalized spacial score (nSPS) is 27.8. The maximum Gasteiger partial charge on any atom is 0.334 e. The van der Waals surface area contributed by atoms with Crippen LogP contribution in [0.4, 0.5) is 4.79 Å². The van der Waals surface area contributed by atoms with Crippen LogP contribution in [-0.2, 0) is 14.3 Å². The molecule has 4 amide bonds. The first-order chi connectivity index (χ1) is 15.1. The molecule has 4 heterocycles. The van der Waals surface area contributed by atoms with Crippen LogP contribution >= 0.6 is 0 Å². The van der Waals surface area contributed by atoms with Crippen molar-refractivity contribution in [3.63, 3.8) is 0 Å². The molecule has 2 atom stereocenters. The summed E-state index contributed by atoms with van der Waals surface area (Å²) in [6.45, 7) is 3.48. The number of para-hydroxylation sites is 2. The summed E-state index contributed by atoms with van der Waals surface area (Å²) in [7, 11) is 0. The number of piperidine rings is 1. The molecule has 0 saturated carbocycles. The molecule has 0 aromatic heterocycles. The van der Waals surface area contributed by atoms with Crippen molar-refractivity contribution in [2.45, 2.75) is 43.9 Å². The Morgan fingerprint density at radius 3 is 2.39 bits per heavy atom. The van der Waals surface area contributed by atoms with Crippen LogP contribution in [0.1, 0.15) is 25.7 Å². The highest BCUT2D eigenvalue weighted by atomic mass is 16.6. The third-order valence-electron chi connectivity index (χ3n) is 6.46. The summed E-state index contributed by atoms with van der Waals surface area (Å²) in [6, 6.07) is 6.56. The second-order valence-corrected chi connectivity index (χ2v) is 8.53. The minimum absolute atomic E-state index is 0.126. The number of benzene rings is 1. The summed E-state index contributed by atoms with van der Waals surface area (Å²) in [5.41, 5.74) is 0. The molecule has 31 heavy (non-hydrogen) atoms. The second-order valence-electron chi connectivity index (χ2n) is 8.53. The van der Waals surface area contributed by atoms with Crippen LogP contribution in [0.25, 0.3) is 0 Å². The third kappa shape index (κ3) is 3.87. The Morgan fingerprint density at radius 2 is 1.61 bits per heavy atom. The quantitative estimate of drug-likeness (QED) is 0.526. The van der Waals surface area contributed by atoms with Gasteiger partial charge in [-0.15, -0.1) is 0 Å². The molecule has 0 N–H and O–H groups in total. The highest BCUT2D eigenvalue weighted by molar-refractivity contribution is 6.44. The summed E-state index contributed by atoms with van der Waals surface area (Å²) < 4.78 is 17.2. The number of carbonyl (C=O) groups excluding carboxylic acids is 3. The summed E-state index contributed by atoms with van der Waals surface area (Å²) >= 11 is 0. The van der Waals surface area contributed by atoms with Crippen molar-refractivity contribution in [3.8, 4) is 11.5 Å². The van der Waals surface area contributed by atoms with E-state index in [-0.39, 0.29) is 18.2 Å². The lowest BCUT2D eigenvalue weighted by Gasteiger charge is -2.38. The number of ether oxygens (including phenoxy) is 3. The van der Waals surface area contributed by atoms with E-state index in [0.717, 1.165) is 24.5 Å². The molecule has 5 rings (SSSR count). The van der Waals surface area contributed by atoms with E-state index in [1.807, 2.05) is 24.3 Å². The average molecular weight is 429 g/mol. The number of hydrogen-bond acceptors (Lipinski definition) is 7. The first-order valence-corrected chi connectivity index (χ1v) is 11.0. The van der Waals surface area contributed by atoms with Gasteiger partial charge in [-0.2, -0.15) is 0 Å². The van der Waals surface area contributed by atoms with Gasteiger partial charge in [-0.3, -0.25) is 24.3 Å². The van der Waals surface area contributed by atoms with Gasteiger partial charge in [0, 0.05) is 32.3 Å². The number of urea groups is 1. The van der Waals surface area contributed by atoms with Crippen molar-refractivity contribution < 1.29 is 28.6 Å². The Kier molecular flexibility index (Phi) is 5.54. The van der Waals surface area contributed by atoms with E-state index in [0.29, 0.717) is 52.2 Å². The average Bonchev–Trinajstić information content (AvgIpc) is 3.02. The van der Waals surface area contributed by atoms with Gasteiger partial charge in [0.25, 0.3) is 0 Å². The van der Waals surface area contributed by atoms with Crippen LogP contribution in [0.5, 0.6) is 11.5 Å². The van der Waals surface area contributed by atoms with Gasteiger partial charge in [0.1, 0.15) is 12.7 Å². The SMILES string of the molecule is O=C1C(=O)N([C@H]2CCCN(C[C@H]3COc4ccccc4O3)C2)C(=O)N1C1CCOCC1. The molecule has 1 aromatic rings. The Hall–Kier alpha value is -2.65. The largest absolute Gasteiger partial charge is 0.486 e. The Balaban J connectivity index is 1.23. The smallest absolute Gasteiger partial charge is 0.334 e. The highest BCUT2D eigenvalue weighted by Gasteiger charge is 2.51. The lowest BCUT2D eigenvalue weighted by molar-refractivity contribution is -0.145. The van der Waals surface area contributed by atoms with Crippen LogP contribution in [0, 0.1) is 0 Å². The van der Waals surface area contributed by atoms with Crippen LogP contribution < -0.4 is 9.47 Å². The van der Waals surface area contributed by atoms with Crippen molar-refractivity contribution in [1.29, 1.82) is 0 Å². The molecule has 0 aliphatic carbocycles. The summed E-state index contributed by atoms with van der Waals surface area (Å²) in [4.78, 5) is 42.9. The fourth-order valence-electron chi connectivity index (χ4n) is 4.93. The summed E-state index contributed by atoms with van der Waals surface area (Å²) in [6.07, 6.45) is 2.58. The molecule has 4 aliphatic rings. The molecule has 0 radical (unpaired) electrons. The zero-order valence-electron chi connectivity index (χ0n) is 17.4. The number of amides is 4. The number of fused-ring (bicyclic) bond motifs is 1. The van der Waals surface area contributed by atoms with Crippen molar-refractivity contribution >= 4 is 17.8 Å². The van der Waals surface area contributed by atoms with Gasteiger partial charge in [-0.1, -0.05) is 12.1 Å². The predicted molar refractivity (Wildman–Crippen MR) is 109 cm³/mol. The minimum atomic E-state index is -0.700. The van der Waals surface area contributed by atoms with E-state index >= 15 is 0 Å². The van der Waals surface area contributed by atoms with Crippen LogP contribution in [0.15, 0.2) is 24.3 Å². The predicted octanol–water partition coefficient (Wildman–Crippen LogP) is 1.26. The van der Waals surface area contributed by atoms with Gasteiger partial charge in [0.05, 0.1) is 6.04 Å². The molecule has 0 unspecified atom stereocenters. The molecular formula is C22H27N3O6. The number of nitrogens with zero attached hydrogens (tertiary/aromatic N) is 3. The maximum atomic E-state index is 13.1. The van der Waals surface area contributed by atoms with Crippen LogP contribution in [-0.4, -0.2) is 90.2 Å². The lowest BCUT2D eigenvalue weighted by Crippen LogP contribution is -2.53. The Morgan fingerprint density at radius 1 is 0.903 bits per heavy atom. The highest BCUT2D eigenvalue weighted by Crippen LogP contribution is 2.32. The number of hydrogen-bond donors (Lipinski definition) is 0. The minimum Gasteiger partial charge on any atom is -0.486 e. The Labute approximate surface area is 180 Å². The van der Waals surface area contributed by atoms with Gasteiger partial charge >= 0.3 is 17.8 Å². The maximum absolute atomic E-state index is 13.1. The van der Waals surface area contributed by atoms with Gasteiger partial charge in [-0.05, 0) is 44.4 Å². The van der Waals surface area contributed by atoms with Gasteiger partial charge in [-0.25, -0.2) is 4.79 Å². The molecule has 166 valence electrons. The molecule has 0 spiro atoms. The van der Waals surface area contributed by atoms with Crippen LogP contribution in [0.3, 0.4) is 0 Å². The van der Waals surface area contributed by atoms with E-state index < -0.39 is 17.8 Å². The molecule has 3 saturated heterocycles. The Bertz CT molecular complexity index is 871. The van der Waals surface area contributed by atoms with E-state index in [2.05, 4.69) is 4.90 Å². The third-order valence-corrected chi connectivity index (χ3v) is 6.46. The fraction of sp³-hybridized carbons (Fsp3) is 0.591. The van der Waals surface area contributed by atoms with E-state index in [9.17, 15) is 14.4 Å². The zero-order chi connectivity index (χ0) is 21.4.